The number of benzene rings is 1. The maximum Gasteiger partial charge on any atom is 0.105 e. The van der Waals surface area contributed by atoms with E-state index in [1.54, 1.807) is 0 Å². The number of rotatable bonds is 1. The molecule has 1 aromatic carbocycles. The van der Waals surface area contributed by atoms with E-state index in [2.05, 4.69) is 23.0 Å². The summed E-state index contributed by atoms with van der Waals surface area (Å²) in [6, 6.07) is 8.13. The molecule has 0 fully saturated rings. The van der Waals surface area contributed by atoms with E-state index >= 15 is 0 Å². The Kier molecular flexibility index (Phi) is 4.72. The van der Waals surface area contributed by atoms with Crippen LogP contribution in [0.2, 0.25) is 0 Å². The van der Waals surface area contributed by atoms with Gasteiger partial charge in [-0.25, -0.2) is 0 Å². The van der Waals surface area contributed by atoms with Crippen LogP contribution >= 0.6 is 11.8 Å². The summed E-state index contributed by atoms with van der Waals surface area (Å²) >= 11 is 1.43. The SMILES string of the molecule is Cc1ccc(SC#CC#CCO)cc1. The van der Waals surface area contributed by atoms with Crippen molar-refractivity contribution in [2.24, 2.45) is 0 Å². The van der Waals surface area contributed by atoms with E-state index in [9.17, 15) is 0 Å². The molecule has 70 valence electrons. The van der Waals surface area contributed by atoms with Crippen LogP contribution in [-0.4, -0.2) is 11.7 Å². The maximum atomic E-state index is 8.36. The van der Waals surface area contributed by atoms with Gasteiger partial charge in [0.2, 0.25) is 0 Å². The first-order valence-electron chi connectivity index (χ1n) is 4.15. The lowest BCUT2D eigenvalue weighted by Gasteiger charge is -1.93. The van der Waals surface area contributed by atoms with Gasteiger partial charge in [-0.2, -0.15) is 0 Å². The fraction of sp³-hybridized carbons (Fsp3) is 0.167. The van der Waals surface area contributed by atoms with Gasteiger partial charge in [0.25, 0.3) is 0 Å². The first-order valence-corrected chi connectivity index (χ1v) is 4.97. The highest BCUT2D eigenvalue weighted by atomic mass is 32.2. The van der Waals surface area contributed by atoms with Crippen molar-refractivity contribution in [1.29, 1.82) is 0 Å². The molecule has 2 heteroatoms. The molecule has 0 aliphatic rings. The molecule has 0 aliphatic carbocycles. The zero-order chi connectivity index (χ0) is 10.2. The average molecular weight is 202 g/mol. The fourth-order valence-electron chi connectivity index (χ4n) is 0.800. The molecular weight excluding hydrogens is 192 g/mol. The number of thioether (sulfide) groups is 1. The number of aryl methyl sites for hydroxylation is 1. The van der Waals surface area contributed by atoms with E-state index in [0.29, 0.717) is 0 Å². The second kappa shape index (κ2) is 6.16. The number of aliphatic hydroxyl groups excluding tert-OH is 1. The summed E-state index contributed by atoms with van der Waals surface area (Å²) in [6.07, 6.45) is 0. The molecule has 1 nitrogen and oxygen atoms in total. The molecule has 1 rings (SSSR count). The Morgan fingerprint density at radius 1 is 1.21 bits per heavy atom. The Morgan fingerprint density at radius 2 is 1.93 bits per heavy atom. The first kappa shape index (κ1) is 10.7. The van der Waals surface area contributed by atoms with Crippen molar-refractivity contribution < 1.29 is 5.11 Å². The van der Waals surface area contributed by atoms with Crippen LogP contribution in [0.4, 0.5) is 0 Å². The van der Waals surface area contributed by atoms with Crippen LogP contribution in [0.5, 0.6) is 0 Å². The van der Waals surface area contributed by atoms with Crippen LogP contribution < -0.4 is 0 Å². The molecule has 0 unspecified atom stereocenters. The van der Waals surface area contributed by atoms with E-state index in [1.165, 1.54) is 17.3 Å². The van der Waals surface area contributed by atoms with Gasteiger partial charge in [-0.1, -0.05) is 23.6 Å². The normalized spacial score (nSPS) is 8.14. The van der Waals surface area contributed by atoms with Gasteiger partial charge in [-0.05, 0) is 47.9 Å². The Balaban J connectivity index is 2.52. The van der Waals surface area contributed by atoms with E-state index < -0.39 is 0 Å². The molecule has 0 heterocycles. The molecule has 0 saturated heterocycles. The first-order chi connectivity index (χ1) is 6.83. The van der Waals surface area contributed by atoms with Crippen molar-refractivity contribution in [3.05, 3.63) is 29.8 Å². The predicted molar refractivity (Wildman–Crippen MR) is 59.7 cm³/mol. The largest absolute Gasteiger partial charge is 0.384 e. The summed E-state index contributed by atoms with van der Waals surface area (Å²) in [5.74, 6) is 7.64. The number of aliphatic hydroxyl groups is 1. The molecule has 0 amide bonds. The third-order valence-corrected chi connectivity index (χ3v) is 2.18. The smallest absolute Gasteiger partial charge is 0.105 e. The standard InChI is InChI=1S/C12H10OS/c1-11-5-7-12(8-6-11)14-10-4-2-3-9-13/h5-8,13H,9H2,1H3. The molecule has 14 heavy (non-hydrogen) atoms. The third-order valence-electron chi connectivity index (χ3n) is 1.47. The quantitative estimate of drug-likeness (QED) is 0.555. The highest BCUT2D eigenvalue weighted by Crippen LogP contribution is 2.16. The lowest BCUT2D eigenvalue weighted by atomic mass is 10.2. The minimum atomic E-state index is -0.135. The van der Waals surface area contributed by atoms with Gasteiger partial charge < -0.3 is 5.11 Å². The summed E-state index contributed by atoms with van der Waals surface area (Å²) < 4.78 is 0. The number of hydrogen-bond acceptors (Lipinski definition) is 2. The lowest BCUT2D eigenvalue weighted by Crippen LogP contribution is -1.71. The lowest BCUT2D eigenvalue weighted by molar-refractivity contribution is 0.350. The van der Waals surface area contributed by atoms with Crippen LogP contribution in [-0.2, 0) is 0 Å². The predicted octanol–water partition coefficient (Wildman–Crippen LogP) is 2.04. The number of hydrogen-bond donors (Lipinski definition) is 1. The van der Waals surface area contributed by atoms with Gasteiger partial charge in [-0.3, -0.25) is 0 Å². The van der Waals surface area contributed by atoms with Gasteiger partial charge >= 0.3 is 0 Å². The van der Waals surface area contributed by atoms with Crippen LogP contribution in [0.15, 0.2) is 29.2 Å². The summed E-state index contributed by atoms with van der Waals surface area (Å²) in [4.78, 5) is 1.11. The Hall–Kier alpha value is -1.35. The molecule has 0 aliphatic heterocycles. The maximum absolute atomic E-state index is 8.36. The van der Waals surface area contributed by atoms with Crippen LogP contribution in [0.3, 0.4) is 0 Å². The highest BCUT2D eigenvalue weighted by Gasteiger charge is 1.88. The molecule has 0 spiro atoms. The van der Waals surface area contributed by atoms with Gasteiger partial charge in [0.05, 0.1) is 0 Å². The van der Waals surface area contributed by atoms with E-state index in [0.717, 1.165) is 4.90 Å². The molecule has 0 saturated carbocycles. The summed E-state index contributed by atoms with van der Waals surface area (Å²) in [5.41, 5.74) is 1.24. The minimum Gasteiger partial charge on any atom is -0.384 e. The van der Waals surface area contributed by atoms with E-state index in [1.807, 2.05) is 31.2 Å². The van der Waals surface area contributed by atoms with Crippen molar-refractivity contribution in [3.63, 3.8) is 0 Å². The van der Waals surface area contributed by atoms with Crippen molar-refractivity contribution >= 4 is 11.8 Å². The molecule has 0 atom stereocenters. The molecule has 0 aromatic heterocycles. The van der Waals surface area contributed by atoms with Crippen LogP contribution in [0, 0.1) is 29.9 Å². The van der Waals surface area contributed by atoms with Gasteiger partial charge in [-0.15, -0.1) is 0 Å². The zero-order valence-corrected chi connectivity index (χ0v) is 8.69. The van der Waals surface area contributed by atoms with Gasteiger partial charge in [0, 0.05) is 4.90 Å². The van der Waals surface area contributed by atoms with Crippen molar-refractivity contribution in [3.8, 4) is 23.0 Å². The summed E-state index contributed by atoms with van der Waals surface area (Å²) in [5, 5.41) is 11.2. The molecule has 0 radical (unpaired) electrons. The Morgan fingerprint density at radius 3 is 2.57 bits per heavy atom. The van der Waals surface area contributed by atoms with E-state index in [4.69, 9.17) is 5.11 Å². The highest BCUT2D eigenvalue weighted by molar-refractivity contribution is 8.03. The monoisotopic (exact) mass is 202 g/mol. The fourth-order valence-corrected chi connectivity index (χ4v) is 1.29. The molecular formula is C12H10OS. The average Bonchev–Trinajstić information content (AvgIpc) is 2.21. The summed E-state index contributed by atoms with van der Waals surface area (Å²) in [7, 11) is 0. The van der Waals surface area contributed by atoms with Crippen molar-refractivity contribution in [2.45, 2.75) is 11.8 Å². The van der Waals surface area contributed by atoms with Crippen molar-refractivity contribution in [2.75, 3.05) is 6.61 Å². The van der Waals surface area contributed by atoms with Gasteiger partial charge in [0.1, 0.15) is 6.61 Å². The Labute approximate surface area is 88.5 Å². The van der Waals surface area contributed by atoms with Crippen LogP contribution in [0.1, 0.15) is 5.56 Å². The summed E-state index contributed by atoms with van der Waals surface area (Å²) in [6.45, 7) is 1.91. The molecule has 1 aromatic rings. The second-order valence-corrected chi connectivity index (χ2v) is 3.48. The van der Waals surface area contributed by atoms with Gasteiger partial charge in [0.15, 0.2) is 0 Å². The zero-order valence-electron chi connectivity index (χ0n) is 7.87. The topological polar surface area (TPSA) is 20.2 Å². The van der Waals surface area contributed by atoms with Crippen molar-refractivity contribution in [1.82, 2.24) is 0 Å². The molecule has 1 N–H and O–H groups in total. The van der Waals surface area contributed by atoms with E-state index in [-0.39, 0.29) is 6.61 Å². The third kappa shape index (κ3) is 4.05. The molecule has 0 bridgehead atoms. The second-order valence-electron chi connectivity index (χ2n) is 2.60. The Bertz CT molecular complexity index is 398. The minimum absolute atomic E-state index is 0.135. The van der Waals surface area contributed by atoms with Crippen LogP contribution in [0.25, 0.3) is 0 Å².